The fraction of sp³-hybridized carbons (Fsp3) is 0.652. The van der Waals surface area contributed by atoms with Gasteiger partial charge in [-0.1, -0.05) is 0 Å². The van der Waals surface area contributed by atoms with Gasteiger partial charge in [-0.3, -0.25) is 14.5 Å². The normalized spacial score (nSPS) is 36.3. The van der Waals surface area contributed by atoms with E-state index in [0.29, 0.717) is 23.8 Å². The van der Waals surface area contributed by atoms with Crippen molar-refractivity contribution in [1.82, 2.24) is 10.2 Å². The molecular weight excluding hydrogens is 439 g/mol. The average molecular weight is 468 g/mol. The lowest BCUT2D eigenvalue weighted by Crippen LogP contribution is -2.64. The van der Waals surface area contributed by atoms with E-state index in [9.17, 15) is 22.8 Å². The molecule has 3 unspecified atom stereocenters. The van der Waals surface area contributed by atoms with Crippen molar-refractivity contribution in [2.24, 2.45) is 28.9 Å². The summed E-state index contributed by atoms with van der Waals surface area (Å²) >= 11 is 1.68. The van der Waals surface area contributed by atoms with Gasteiger partial charge < -0.3 is 11.1 Å². The largest absolute Gasteiger partial charge is 0.369 e. The molecule has 0 aromatic heterocycles. The van der Waals surface area contributed by atoms with Gasteiger partial charge >= 0.3 is 0 Å². The lowest BCUT2D eigenvalue weighted by atomic mass is 9.47. The van der Waals surface area contributed by atoms with Crippen LogP contribution < -0.4 is 11.1 Å². The first-order valence-electron chi connectivity index (χ1n) is 11.3. The second-order valence-electron chi connectivity index (χ2n) is 10.1. The van der Waals surface area contributed by atoms with Crippen LogP contribution in [-0.2, 0) is 16.1 Å². The molecular formula is C23H28F3N3O2S. The molecule has 4 aliphatic carbocycles. The molecule has 174 valence electrons. The van der Waals surface area contributed by atoms with Gasteiger partial charge in [0.05, 0.1) is 6.04 Å². The van der Waals surface area contributed by atoms with Gasteiger partial charge in [0.15, 0.2) is 17.5 Å². The molecule has 5 nitrogen and oxygen atoms in total. The van der Waals surface area contributed by atoms with Crippen molar-refractivity contribution in [2.75, 3.05) is 18.1 Å². The predicted octanol–water partition coefficient (Wildman–Crippen LogP) is 2.82. The van der Waals surface area contributed by atoms with Crippen molar-refractivity contribution in [3.63, 3.8) is 0 Å². The number of nitrogens with two attached hydrogens (primary N) is 1. The van der Waals surface area contributed by atoms with Crippen LogP contribution in [0.1, 0.15) is 37.7 Å². The van der Waals surface area contributed by atoms with Gasteiger partial charge in [0, 0.05) is 36.1 Å². The standard InChI is InChI=1S/C23H28F3N3O2S/c24-16-5-13(6-17(25)19(16)26)10-29-1-2-32-11-18(29)21(30)28-20-14-3-12-4-15(20)9-23(7-12,8-14)22(27)31/h5-6,12,14-15,18,20H,1-4,7-11H2,(H2,27,31)(H,28,30). The average Bonchev–Trinajstić information content (AvgIpc) is 2.74. The molecule has 9 heteroatoms. The lowest BCUT2D eigenvalue weighted by Gasteiger charge is -2.59. The van der Waals surface area contributed by atoms with E-state index in [2.05, 4.69) is 5.32 Å². The van der Waals surface area contributed by atoms with Crippen LogP contribution in [0.25, 0.3) is 0 Å². The van der Waals surface area contributed by atoms with Crippen LogP contribution in [0.15, 0.2) is 12.1 Å². The van der Waals surface area contributed by atoms with Gasteiger partial charge in [0.1, 0.15) is 0 Å². The van der Waals surface area contributed by atoms with Gasteiger partial charge in [-0.2, -0.15) is 11.8 Å². The maximum atomic E-state index is 13.7. The van der Waals surface area contributed by atoms with E-state index >= 15 is 0 Å². The maximum absolute atomic E-state index is 13.7. The van der Waals surface area contributed by atoms with Crippen molar-refractivity contribution in [3.8, 4) is 0 Å². The Labute approximate surface area is 189 Å². The lowest BCUT2D eigenvalue weighted by molar-refractivity contribution is -0.148. The van der Waals surface area contributed by atoms with Gasteiger partial charge in [-0.25, -0.2) is 13.2 Å². The summed E-state index contributed by atoms with van der Waals surface area (Å²) in [6.45, 7) is 0.783. The third-order valence-electron chi connectivity index (χ3n) is 8.08. The Hall–Kier alpha value is -1.74. The topological polar surface area (TPSA) is 75.4 Å². The Bertz CT molecular complexity index is 906. The zero-order chi connectivity index (χ0) is 22.6. The number of benzene rings is 1. The highest BCUT2D eigenvalue weighted by Gasteiger charge is 2.58. The molecule has 32 heavy (non-hydrogen) atoms. The zero-order valence-corrected chi connectivity index (χ0v) is 18.6. The number of carbonyl (C=O) groups is 2. The molecule has 4 bridgehead atoms. The van der Waals surface area contributed by atoms with Crippen LogP contribution in [-0.4, -0.2) is 46.8 Å². The summed E-state index contributed by atoms with van der Waals surface area (Å²) in [5.74, 6) is -1.74. The molecule has 0 radical (unpaired) electrons. The number of primary amides is 1. The first-order valence-corrected chi connectivity index (χ1v) is 12.5. The van der Waals surface area contributed by atoms with Crippen molar-refractivity contribution < 1.29 is 22.8 Å². The highest BCUT2D eigenvalue weighted by Crippen LogP contribution is 2.59. The SMILES string of the molecule is NC(=O)C12CC3CC(C1)C(NC(=O)C1CSCCN1Cc1cc(F)c(F)c(F)c1)C(C3)C2. The second-order valence-corrected chi connectivity index (χ2v) is 11.2. The fourth-order valence-electron chi connectivity index (χ4n) is 6.82. The molecule has 1 aromatic rings. The van der Waals surface area contributed by atoms with E-state index in [4.69, 9.17) is 5.73 Å². The zero-order valence-electron chi connectivity index (χ0n) is 17.8. The highest BCUT2D eigenvalue weighted by molar-refractivity contribution is 7.99. The molecule has 3 N–H and O–H groups in total. The number of halogens is 3. The molecule has 5 aliphatic rings. The van der Waals surface area contributed by atoms with Crippen LogP contribution in [0.2, 0.25) is 0 Å². The molecule has 6 rings (SSSR count). The predicted molar refractivity (Wildman–Crippen MR) is 115 cm³/mol. The van der Waals surface area contributed by atoms with Crippen molar-refractivity contribution in [2.45, 2.75) is 50.7 Å². The van der Waals surface area contributed by atoms with E-state index in [0.717, 1.165) is 50.0 Å². The summed E-state index contributed by atoms with van der Waals surface area (Å²) in [5.41, 5.74) is 5.67. The minimum atomic E-state index is -1.48. The van der Waals surface area contributed by atoms with E-state index in [1.54, 1.807) is 11.8 Å². The number of hydrogen-bond acceptors (Lipinski definition) is 4. The van der Waals surface area contributed by atoms with Crippen LogP contribution in [0.3, 0.4) is 0 Å². The van der Waals surface area contributed by atoms with Crippen LogP contribution in [0.5, 0.6) is 0 Å². The van der Waals surface area contributed by atoms with Gasteiger partial charge in [0.25, 0.3) is 0 Å². The molecule has 1 saturated heterocycles. The molecule has 3 atom stereocenters. The maximum Gasteiger partial charge on any atom is 0.238 e. The highest BCUT2D eigenvalue weighted by atomic mass is 32.2. The molecule has 1 heterocycles. The van der Waals surface area contributed by atoms with Crippen molar-refractivity contribution in [1.29, 1.82) is 0 Å². The van der Waals surface area contributed by atoms with E-state index in [1.807, 2.05) is 4.90 Å². The number of thioether (sulfide) groups is 1. The first-order chi connectivity index (χ1) is 15.3. The van der Waals surface area contributed by atoms with Crippen LogP contribution >= 0.6 is 11.8 Å². The van der Waals surface area contributed by atoms with Gasteiger partial charge in [-0.15, -0.1) is 0 Å². The smallest absolute Gasteiger partial charge is 0.238 e. The second kappa shape index (κ2) is 8.24. The quantitative estimate of drug-likeness (QED) is 0.653. The minimum absolute atomic E-state index is 0.0426. The molecule has 5 fully saturated rings. The Morgan fingerprint density at radius 3 is 2.41 bits per heavy atom. The number of nitrogens with one attached hydrogen (secondary N) is 1. The molecule has 4 saturated carbocycles. The minimum Gasteiger partial charge on any atom is -0.369 e. The Balaban J connectivity index is 1.29. The van der Waals surface area contributed by atoms with E-state index < -0.39 is 28.9 Å². The summed E-state index contributed by atoms with van der Waals surface area (Å²) in [5, 5.41) is 3.28. The summed E-state index contributed by atoms with van der Waals surface area (Å²) in [6, 6.07) is 1.61. The third-order valence-corrected chi connectivity index (χ3v) is 9.10. The Kier molecular flexibility index (Phi) is 5.68. The molecule has 1 aliphatic heterocycles. The number of nitrogens with zero attached hydrogens (tertiary/aromatic N) is 1. The van der Waals surface area contributed by atoms with Crippen molar-refractivity contribution in [3.05, 3.63) is 35.1 Å². The Morgan fingerprint density at radius 2 is 1.78 bits per heavy atom. The number of amides is 2. The third kappa shape index (κ3) is 3.81. The van der Waals surface area contributed by atoms with Crippen LogP contribution in [0, 0.1) is 40.6 Å². The number of rotatable bonds is 5. The summed E-state index contributed by atoms with van der Waals surface area (Å²) in [4.78, 5) is 27.4. The number of carbonyl (C=O) groups excluding carboxylic acids is 2. The molecule has 0 spiro atoms. The van der Waals surface area contributed by atoms with E-state index in [-0.39, 0.29) is 36.2 Å². The van der Waals surface area contributed by atoms with Gasteiger partial charge in [0.2, 0.25) is 11.8 Å². The Morgan fingerprint density at radius 1 is 1.12 bits per heavy atom. The van der Waals surface area contributed by atoms with Gasteiger partial charge in [-0.05, 0) is 67.6 Å². The van der Waals surface area contributed by atoms with Crippen molar-refractivity contribution >= 4 is 23.6 Å². The monoisotopic (exact) mass is 467 g/mol. The van der Waals surface area contributed by atoms with E-state index in [1.165, 1.54) is 0 Å². The van der Waals surface area contributed by atoms with Crippen LogP contribution in [0.4, 0.5) is 13.2 Å². The summed E-state index contributed by atoms with van der Waals surface area (Å²) < 4.78 is 40.6. The first kappa shape index (κ1) is 22.1. The summed E-state index contributed by atoms with van der Waals surface area (Å²) in [7, 11) is 0. The number of hydrogen-bond donors (Lipinski definition) is 2. The molecule has 1 aromatic carbocycles. The molecule has 2 amide bonds. The summed E-state index contributed by atoms with van der Waals surface area (Å²) in [6.07, 6.45) is 4.42. The fourth-order valence-corrected chi connectivity index (χ4v) is 7.94.